The summed E-state index contributed by atoms with van der Waals surface area (Å²) < 4.78 is 36.7. The van der Waals surface area contributed by atoms with E-state index >= 15 is 0 Å². The van der Waals surface area contributed by atoms with Gasteiger partial charge in [-0.2, -0.15) is 4.31 Å². The zero-order valence-corrected chi connectivity index (χ0v) is 26.5. The Morgan fingerprint density at radius 2 is 1.47 bits per heavy atom. The Balaban J connectivity index is 0.000000308. The van der Waals surface area contributed by atoms with Gasteiger partial charge in [-0.1, -0.05) is 47.5 Å². The molecule has 1 aliphatic rings. The molecule has 1 fully saturated rings. The second-order valence-corrected chi connectivity index (χ2v) is 12.1. The number of benzene rings is 3. The molecule has 4 rings (SSSR count). The number of sulfonamides is 1. The van der Waals surface area contributed by atoms with Gasteiger partial charge in [0.05, 0.1) is 31.3 Å². The minimum absolute atomic E-state index is 0.105. The number of carboxylic acids is 1. The van der Waals surface area contributed by atoms with Gasteiger partial charge in [0.15, 0.2) is 0 Å². The van der Waals surface area contributed by atoms with E-state index in [1.807, 2.05) is 31.1 Å². The summed E-state index contributed by atoms with van der Waals surface area (Å²) in [6.07, 6.45) is 2.21. The molecule has 0 aromatic heterocycles. The van der Waals surface area contributed by atoms with Crippen molar-refractivity contribution in [2.45, 2.75) is 36.8 Å². The molecule has 13 heteroatoms. The molecule has 1 heterocycles. The van der Waals surface area contributed by atoms with Gasteiger partial charge >= 0.3 is 5.97 Å². The second-order valence-electron chi connectivity index (χ2n) is 9.33. The molecule has 43 heavy (non-hydrogen) atoms. The van der Waals surface area contributed by atoms with Crippen LogP contribution in [-0.4, -0.2) is 76.1 Å². The van der Waals surface area contributed by atoms with Gasteiger partial charge < -0.3 is 29.8 Å². The molecule has 1 aliphatic heterocycles. The molecular weight excluding hydrogens is 619 g/mol. The van der Waals surface area contributed by atoms with Crippen molar-refractivity contribution in [3.05, 3.63) is 75.8 Å². The van der Waals surface area contributed by atoms with E-state index in [-0.39, 0.29) is 11.5 Å². The maximum atomic E-state index is 12.1. The number of methoxy groups -OCH3 is 2. The standard InChI is InChI=1S/C19H23NO5.C10H11Cl2NO2S.CH2O/c1-20-15(19(22)23)8-12-4-6-14(7-5-12)18-16(24-2)9-13(11-21)10-17(18)25-3;11-8-5-9(12)7-10(6-8)16(14,15)13-3-1-2-4-13;1-2/h4-7,9-10,15,20-21H,8,11H2,1-3H3,(H,22,23);5-7H,1-4H2;1H2. The molecular formula is C30H36Cl2N2O8S. The minimum atomic E-state index is -3.42. The number of carbonyl (C=O) groups excluding carboxylic acids is 1. The Hall–Kier alpha value is -3.19. The summed E-state index contributed by atoms with van der Waals surface area (Å²) in [4.78, 5) is 19.3. The molecule has 0 radical (unpaired) electrons. The van der Waals surface area contributed by atoms with Crippen LogP contribution in [0.2, 0.25) is 10.0 Å². The molecule has 3 N–H and O–H groups in total. The molecule has 3 aromatic carbocycles. The lowest BCUT2D eigenvalue weighted by atomic mass is 9.98. The van der Waals surface area contributed by atoms with Crippen molar-refractivity contribution in [3.8, 4) is 22.6 Å². The van der Waals surface area contributed by atoms with Gasteiger partial charge in [0.2, 0.25) is 10.0 Å². The highest BCUT2D eigenvalue weighted by atomic mass is 35.5. The number of aliphatic carboxylic acids is 1. The normalized spacial score (nSPS) is 13.6. The van der Waals surface area contributed by atoms with Crippen molar-refractivity contribution in [3.63, 3.8) is 0 Å². The molecule has 0 spiro atoms. The SMILES string of the molecule is C=O.CNC(Cc1ccc(-c2c(OC)cc(CO)cc2OC)cc1)C(=O)O.O=S(=O)(c1cc(Cl)cc(Cl)c1)N1CCCC1. The van der Waals surface area contributed by atoms with Crippen LogP contribution in [0.3, 0.4) is 0 Å². The summed E-state index contributed by atoms with van der Waals surface area (Å²) in [6, 6.07) is 14.9. The fourth-order valence-electron chi connectivity index (χ4n) is 4.45. The number of nitrogens with zero attached hydrogens (tertiary/aromatic N) is 1. The highest BCUT2D eigenvalue weighted by Crippen LogP contribution is 2.39. The van der Waals surface area contributed by atoms with E-state index in [9.17, 15) is 18.3 Å². The molecule has 10 nitrogen and oxygen atoms in total. The van der Waals surface area contributed by atoms with Crippen LogP contribution in [0.1, 0.15) is 24.0 Å². The molecule has 234 valence electrons. The Morgan fingerprint density at radius 3 is 1.88 bits per heavy atom. The summed E-state index contributed by atoms with van der Waals surface area (Å²) in [5.74, 6) is 0.332. The van der Waals surface area contributed by atoms with E-state index < -0.39 is 22.0 Å². The van der Waals surface area contributed by atoms with Crippen molar-refractivity contribution < 1.29 is 37.7 Å². The van der Waals surface area contributed by atoms with Gasteiger partial charge in [-0.05, 0) is 73.3 Å². The summed E-state index contributed by atoms with van der Waals surface area (Å²) in [5, 5.41) is 22.0. The number of likely N-dealkylation sites (N-methyl/N-ethyl adjacent to an activating group) is 1. The van der Waals surface area contributed by atoms with Crippen molar-refractivity contribution in [2.24, 2.45) is 0 Å². The number of nitrogens with one attached hydrogen (secondary N) is 1. The van der Waals surface area contributed by atoms with E-state index in [2.05, 4.69) is 5.32 Å². The van der Waals surface area contributed by atoms with Gasteiger partial charge in [0, 0.05) is 23.1 Å². The quantitative estimate of drug-likeness (QED) is 0.284. The molecule has 1 saturated heterocycles. The summed E-state index contributed by atoms with van der Waals surface area (Å²) in [7, 11) is 1.35. The Bertz CT molecular complexity index is 1420. The zero-order chi connectivity index (χ0) is 32.2. The molecule has 0 bridgehead atoms. The Labute approximate surface area is 262 Å². The lowest BCUT2D eigenvalue weighted by Crippen LogP contribution is -2.35. The van der Waals surface area contributed by atoms with E-state index in [0.717, 1.165) is 29.5 Å². The Morgan fingerprint density at radius 1 is 0.953 bits per heavy atom. The number of aliphatic hydroxyl groups is 1. The summed E-state index contributed by atoms with van der Waals surface area (Å²) >= 11 is 11.6. The first-order chi connectivity index (χ1) is 20.5. The third kappa shape index (κ3) is 9.65. The number of halogens is 2. The predicted octanol–water partition coefficient (Wildman–Crippen LogP) is 4.67. The number of carboxylic acid groups (broad SMARTS) is 1. The average molecular weight is 656 g/mol. The van der Waals surface area contributed by atoms with Crippen LogP contribution < -0.4 is 14.8 Å². The van der Waals surface area contributed by atoms with E-state index in [1.54, 1.807) is 33.4 Å². The molecule has 1 atom stereocenters. The molecule has 0 saturated carbocycles. The number of ether oxygens (including phenoxy) is 2. The van der Waals surface area contributed by atoms with Crippen LogP contribution in [0.25, 0.3) is 11.1 Å². The van der Waals surface area contributed by atoms with E-state index in [4.69, 9.17) is 42.6 Å². The van der Waals surface area contributed by atoms with E-state index in [1.165, 1.54) is 22.5 Å². The number of hydrogen-bond acceptors (Lipinski definition) is 8. The first-order valence-electron chi connectivity index (χ1n) is 13.1. The van der Waals surface area contributed by atoms with Crippen molar-refractivity contribution >= 4 is 46.0 Å². The largest absolute Gasteiger partial charge is 0.496 e. The van der Waals surface area contributed by atoms with Crippen molar-refractivity contribution in [1.29, 1.82) is 0 Å². The average Bonchev–Trinajstić information content (AvgIpc) is 3.56. The van der Waals surface area contributed by atoms with Crippen LogP contribution in [0.15, 0.2) is 59.5 Å². The first kappa shape index (κ1) is 36.0. The number of hydrogen-bond donors (Lipinski definition) is 3. The molecule has 0 aliphatic carbocycles. The molecule has 0 amide bonds. The van der Waals surface area contributed by atoms with Crippen LogP contribution in [0, 0.1) is 0 Å². The van der Waals surface area contributed by atoms with Gasteiger partial charge in [-0.15, -0.1) is 0 Å². The van der Waals surface area contributed by atoms with Gasteiger partial charge in [-0.3, -0.25) is 4.79 Å². The fraction of sp³-hybridized carbons (Fsp3) is 0.333. The van der Waals surface area contributed by atoms with Crippen molar-refractivity contribution in [2.75, 3.05) is 34.4 Å². The smallest absolute Gasteiger partial charge is 0.321 e. The zero-order valence-electron chi connectivity index (χ0n) is 24.2. The molecule has 1 unspecified atom stereocenters. The maximum Gasteiger partial charge on any atom is 0.321 e. The number of aliphatic hydroxyl groups excluding tert-OH is 1. The monoisotopic (exact) mass is 654 g/mol. The summed E-state index contributed by atoms with van der Waals surface area (Å²) in [6.45, 7) is 3.05. The second kappa shape index (κ2) is 17.2. The highest BCUT2D eigenvalue weighted by Gasteiger charge is 2.27. The lowest BCUT2D eigenvalue weighted by Gasteiger charge is -2.16. The predicted molar refractivity (Wildman–Crippen MR) is 167 cm³/mol. The maximum absolute atomic E-state index is 12.1. The molecule has 3 aromatic rings. The van der Waals surface area contributed by atoms with Gasteiger partial charge in [0.1, 0.15) is 24.3 Å². The first-order valence-corrected chi connectivity index (χ1v) is 15.3. The third-order valence-corrected chi connectivity index (χ3v) is 8.93. The highest BCUT2D eigenvalue weighted by molar-refractivity contribution is 7.89. The third-order valence-electron chi connectivity index (χ3n) is 6.62. The van der Waals surface area contributed by atoms with E-state index in [0.29, 0.717) is 46.6 Å². The van der Waals surface area contributed by atoms with Crippen LogP contribution in [0.5, 0.6) is 11.5 Å². The lowest BCUT2D eigenvalue weighted by molar-refractivity contribution is -0.139. The van der Waals surface area contributed by atoms with Gasteiger partial charge in [-0.25, -0.2) is 8.42 Å². The topological polar surface area (TPSA) is 142 Å². The minimum Gasteiger partial charge on any atom is -0.496 e. The summed E-state index contributed by atoms with van der Waals surface area (Å²) in [5.41, 5.74) is 3.29. The Kier molecular flexibility index (Phi) is 14.4. The van der Waals surface area contributed by atoms with Gasteiger partial charge in [0.25, 0.3) is 0 Å². The van der Waals surface area contributed by atoms with Crippen LogP contribution >= 0.6 is 23.2 Å². The van der Waals surface area contributed by atoms with Crippen LogP contribution in [-0.2, 0) is 32.6 Å². The fourth-order valence-corrected chi connectivity index (χ4v) is 6.70. The van der Waals surface area contributed by atoms with Crippen molar-refractivity contribution in [1.82, 2.24) is 9.62 Å². The van der Waals surface area contributed by atoms with Crippen LogP contribution in [0.4, 0.5) is 0 Å². The number of rotatable bonds is 10. The number of carbonyl (C=O) groups is 2.